The van der Waals surface area contributed by atoms with Gasteiger partial charge >= 0.3 is 0 Å². The van der Waals surface area contributed by atoms with Gasteiger partial charge in [-0.05, 0) is 25.2 Å². The maximum atomic E-state index is 12.1. The maximum Gasteiger partial charge on any atom is 0.255 e. The lowest BCUT2D eigenvalue weighted by atomic mass is 9.78. The second-order valence-corrected chi connectivity index (χ2v) is 6.72. The van der Waals surface area contributed by atoms with Gasteiger partial charge < -0.3 is 9.72 Å². The summed E-state index contributed by atoms with van der Waals surface area (Å²) < 4.78 is 5.81. The summed E-state index contributed by atoms with van der Waals surface area (Å²) in [6, 6.07) is 0. The van der Waals surface area contributed by atoms with Crippen LogP contribution in [-0.2, 0) is 21.8 Å². The van der Waals surface area contributed by atoms with E-state index >= 15 is 0 Å². The quantitative estimate of drug-likeness (QED) is 0.904. The molecular formula is C14H20N2O2S. The molecule has 2 unspecified atom stereocenters. The highest BCUT2D eigenvalue weighted by molar-refractivity contribution is 7.98. The molecule has 0 saturated heterocycles. The number of nitrogens with one attached hydrogen (secondary N) is 1. The van der Waals surface area contributed by atoms with Gasteiger partial charge in [-0.2, -0.15) is 11.8 Å². The van der Waals surface area contributed by atoms with Crippen LogP contribution in [0.2, 0.25) is 0 Å². The summed E-state index contributed by atoms with van der Waals surface area (Å²) in [6.07, 6.45) is 4.25. The fourth-order valence-electron chi connectivity index (χ4n) is 3.28. The first kappa shape index (κ1) is 13.2. The molecule has 0 amide bonds. The Morgan fingerprint density at radius 2 is 2.32 bits per heavy atom. The summed E-state index contributed by atoms with van der Waals surface area (Å²) in [6.45, 7) is 2.24. The molecule has 1 aromatic heterocycles. The number of fused-ring (bicyclic) bond motifs is 1. The number of aromatic nitrogens is 2. The largest absolute Gasteiger partial charge is 0.370 e. The second-order valence-electron chi connectivity index (χ2n) is 5.73. The van der Waals surface area contributed by atoms with Crippen molar-refractivity contribution in [3.05, 3.63) is 27.4 Å². The van der Waals surface area contributed by atoms with E-state index in [0.717, 1.165) is 47.8 Å². The lowest BCUT2D eigenvalue weighted by Crippen LogP contribution is -2.38. The molecule has 2 aliphatic rings. The molecule has 1 N–H and O–H groups in total. The highest BCUT2D eigenvalue weighted by Crippen LogP contribution is 2.41. The predicted molar refractivity (Wildman–Crippen MR) is 76.2 cm³/mol. The van der Waals surface area contributed by atoms with E-state index < -0.39 is 0 Å². The number of ether oxygens (including phenoxy) is 1. The topological polar surface area (TPSA) is 55.0 Å². The smallest absolute Gasteiger partial charge is 0.255 e. The lowest BCUT2D eigenvalue weighted by Gasteiger charge is -2.38. The van der Waals surface area contributed by atoms with Crippen LogP contribution in [-0.4, -0.2) is 17.1 Å². The van der Waals surface area contributed by atoms with Crippen molar-refractivity contribution in [2.45, 2.75) is 49.7 Å². The monoisotopic (exact) mass is 280 g/mol. The Labute approximate surface area is 117 Å². The van der Waals surface area contributed by atoms with Gasteiger partial charge in [-0.25, -0.2) is 4.98 Å². The van der Waals surface area contributed by atoms with Gasteiger partial charge in [0.2, 0.25) is 0 Å². The molecule has 0 radical (unpaired) electrons. The average Bonchev–Trinajstić information content (AvgIpc) is 2.87. The molecule has 1 fully saturated rings. The Kier molecular flexibility index (Phi) is 3.43. The first-order chi connectivity index (χ1) is 9.14. The van der Waals surface area contributed by atoms with Crippen molar-refractivity contribution < 1.29 is 4.74 Å². The average molecular weight is 280 g/mol. The van der Waals surface area contributed by atoms with Gasteiger partial charge in [0.1, 0.15) is 11.4 Å². The minimum absolute atomic E-state index is 0.0275. The van der Waals surface area contributed by atoms with Crippen LogP contribution in [0.5, 0.6) is 0 Å². The Morgan fingerprint density at radius 1 is 1.47 bits per heavy atom. The first-order valence-electron chi connectivity index (χ1n) is 6.90. The van der Waals surface area contributed by atoms with Crippen LogP contribution in [0.1, 0.15) is 49.7 Å². The van der Waals surface area contributed by atoms with Gasteiger partial charge in [-0.15, -0.1) is 0 Å². The number of hydrogen-bond donors (Lipinski definition) is 1. The van der Waals surface area contributed by atoms with Crippen molar-refractivity contribution in [3.8, 4) is 0 Å². The Morgan fingerprint density at radius 3 is 3.05 bits per heavy atom. The molecule has 0 spiro atoms. The van der Waals surface area contributed by atoms with Crippen LogP contribution in [0.15, 0.2) is 4.79 Å². The van der Waals surface area contributed by atoms with E-state index in [2.05, 4.69) is 11.9 Å². The third-order valence-corrected chi connectivity index (χ3v) is 5.33. The normalized spacial score (nSPS) is 30.3. The van der Waals surface area contributed by atoms with Crippen molar-refractivity contribution >= 4 is 11.8 Å². The molecule has 0 bridgehead atoms. The van der Waals surface area contributed by atoms with Gasteiger partial charge in [0.05, 0.1) is 5.69 Å². The molecular weight excluding hydrogens is 260 g/mol. The molecule has 3 rings (SSSR count). The molecule has 1 aliphatic heterocycles. The maximum absolute atomic E-state index is 12.1. The number of H-pyrrole nitrogens is 1. The zero-order valence-corrected chi connectivity index (χ0v) is 12.3. The number of nitrogens with zero attached hydrogens (tertiary/aromatic N) is 1. The molecule has 1 saturated carbocycles. The van der Waals surface area contributed by atoms with Crippen molar-refractivity contribution in [2.24, 2.45) is 5.92 Å². The van der Waals surface area contributed by atoms with Crippen LogP contribution < -0.4 is 5.56 Å². The fraction of sp³-hybridized carbons (Fsp3) is 0.714. The second kappa shape index (κ2) is 4.94. The summed E-state index contributed by atoms with van der Waals surface area (Å²) in [5.74, 6) is 2.99. The van der Waals surface area contributed by atoms with Crippen molar-refractivity contribution in [1.82, 2.24) is 9.97 Å². The Hall–Kier alpha value is -0.810. The summed E-state index contributed by atoms with van der Waals surface area (Å²) in [4.78, 5) is 19.8. The van der Waals surface area contributed by atoms with E-state index in [1.165, 1.54) is 6.42 Å². The molecule has 5 heteroatoms. The Balaban J connectivity index is 2.04. The zero-order valence-electron chi connectivity index (χ0n) is 11.5. The zero-order chi connectivity index (χ0) is 13.5. The van der Waals surface area contributed by atoms with Crippen LogP contribution >= 0.6 is 11.8 Å². The number of rotatable bonds is 2. The third-order valence-electron chi connectivity index (χ3n) is 4.36. The minimum Gasteiger partial charge on any atom is -0.370 e. The minimum atomic E-state index is -0.390. The fourth-order valence-corrected chi connectivity index (χ4v) is 4.31. The number of thioether (sulfide) groups is 1. The number of hydrogen-bond acceptors (Lipinski definition) is 4. The van der Waals surface area contributed by atoms with E-state index in [9.17, 15) is 4.79 Å². The summed E-state index contributed by atoms with van der Waals surface area (Å²) in [5, 5.41) is 0. The van der Waals surface area contributed by atoms with Gasteiger partial charge in [0, 0.05) is 24.2 Å². The van der Waals surface area contributed by atoms with E-state index in [4.69, 9.17) is 9.72 Å². The molecule has 104 valence electrons. The van der Waals surface area contributed by atoms with Crippen LogP contribution in [0, 0.1) is 5.92 Å². The summed E-state index contributed by atoms with van der Waals surface area (Å²) in [7, 11) is 1.74. The van der Waals surface area contributed by atoms with Crippen molar-refractivity contribution in [3.63, 3.8) is 0 Å². The molecule has 1 aromatic rings. The standard InChI is InChI=1S/C14H20N2O2S/c1-9-4-3-5-14(6-9,18-2)13-15-11-8-19-7-10(11)12(17)16-13/h9H,3-8H2,1-2H3,(H,15,16,17). The SMILES string of the molecule is COC1(c2nc3c(c(=O)[nH]2)CSC3)CCCC(C)C1. The highest BCUT2D eigenvalue weighted by atomic mass is 32.2. The van der Waals surface area contributed by atoms with Gasteiger partial charge in [-0.1, -0.05) is 13.3 Å². The number of aromatic amines is 1. The predicted octanol–water partition coefficient (Wildman–Crippen LogP) is 2.57. The van der Waals surface area contributed by atoms with Crippen LogP contribution in [0.4, 0.5) is 0 Å². The lowest BCUT2D eigenvalue weighted by molar-refractivity contribution is -0.0649. The van der Waals surface area contributed by atoms with Crippen LogP contribution in [0.3, 0.4) is 0 Å². The van der Waals surface area contributed by atoms with E-state index in [1.807, 2.05) is 0 Å². The third kappa shape index (κ3) is 2.23. The summed E-state index contributed by atoms with van der Waals surface area (Å²) in [5.41, 5.74) is 1.45. The Bertz CT molecular complexity index is 543. The van der Waals surface area contributed by atoms with Crippen LogP contribution in [0.25, 0.3) is 0 Å². The summed E-state index contributed by atoms with van der Waals surface area (Å²) >= 11 is 1.76. The van der Waals surface area contributed by atoms with Crippen molar-refractivity contribution in [1.29, 1.82) is 0 Å². The first-order valence-corrected chi connectivity index (χ1v) is 8.05. The molecule has 1 aliphatic carbocycles. The molecule has 19 heavy (non-hydrogen) atoms. The van der Waals surface area contributed by atoms with E-state index in [-0.39, 0.29) is 11.2 Å². The van der Waals surface area contributed by atoms with E-state index in [1.54, 1.807) is 18.9 Å². The van der Waals surface area contributed by atoms with Gasteiger partial charge in [-0.3, -0.25) is 4.79 Å². The molecule has 2 atom stereocenters. The van der Waals surface area contributed by atoms with Gasteiger partial charge in [0.25, 0.3) is 5.56 Å². The molecule has 0 aromatic carbocycles. The number of methoxy groups -OCH3 is 1. The van der Waals surface area contributed by atoms with Gasteiger partial charge in [0.15, 0.2) is 0 Å². The van der Waals surface area contributed by atoms with E-state index in [0.29, 0.717) is 5.92 Å². The molecule has 4 nitrogen and oxygen atoms in total. The highest BCUT2D eigenvalue weighted by Gasteiger charge is 2.39. The van der Waals surface area contributed by atoms with Crippen molar-refractivity contribution in [2.75, 3.05) is 7.11 Å². The molecule has 2 heterocycles.